The first-order valence-corrected chi connectivity index (χ1v) is 7.24. The average Bonchev–Trinajstić information content (AvgIpc) is 3.07. The van der Waals surface area contributed by atoms with Gasteiger partial charge in [-0.25, -0.2) is 4.98 Å². The summed E-state index contributed by atoms with van der Waals surface area (Å²) >= 11 is 0. The Bertz CT molecular complexity index is 571. The lowest BCUT2D eigenvalue weighted by atomic mass is 10.3. The second-order valence-corrected chi connectivity index (χ2v) is 4.62. The van der Waals surface area contributed by atoms with Crippen LogP contribution in [-0.2, 0) is 16.0 Å². The van der Waals surface area contributed by atoms with E-state index in [1.807, 2.05) is 10.8 Å². The SMILES string of the molecule is O=[N+]([O-])c1ccc(OCCOCCOCCn2ccnc2)cc1. The monoisotopic (exact) mass is 321 g/mol. The number of nitro groups is 1. The van der Waals surface area contributed by atoms with Gasteiger partial charge in [0, 0.05) is 31.1 Å². The fourth-order valence-electron chi connectivity index (χ4n) is 1.79. The molecule has 8 nitrogen and oxygen atoms in total. The summed E-state index contributed by atoms with van der Waals surface area (Å²) < 4.78 is 18.2. The van der Waals surface area contributed by atoms with Crippen molar-refractivity contribution >= 4 is 5.69 Å². The molecule has 8 heteroatoms. The van der Waals surface area contributed by atoms with Crippen molar-refractivity contribution in [2.75, 3.05) is 33.0 Å². The van der Waals surface area contributed by atoms with Gasteiger partial charge in [0.2, 0.25) is 0 Å². The molecule has 2 rings (SSSR count). The van der Waals surface area contributed by atoms with Gasteiger partial charge < -0.3 is 18.8 Å². The molecule has 23 heavy (non-hydrogen) atoms. The molecule has 2 aromatic rings. The first-order chi connectivity index (χ1) is 11.3. The lowest BCUT2D eigenvalue weighted by Crippen LogP contribution is -2.12. The summed E-state index contributed by atoms with van der Waals surface area (Å²) in [7, 11) is 0. The van der Waals surface area contributed by atoms with Gasteiger partial charge >= 0.3 is 0 Å². The molecule has 0 aliphatic carbocycles. The highest BCUT2D eigenvalue weighted by molar-refractivity contribution is 5.35. The molecule has 0 fully saturated rings. The second kappa shape index (κ2) is 9.54. The van der Waals surface area contributed by atoms with Crippen LogP contribution in [0.4, 0.5) is 5.69 Å². The van der Waals surface area contributed by atoms with Crippen LogP contribution in [0.5, 0.6) is 5.75 Å². The smallest absolute Gasteiger partial charge is 0.269 e. The second-order valence-electron chi connectivity index (χ2n) is 4.62. The summed E-state index contributed by atoms with van der Waals surface area (Å²) in [5.74, 6) is 0.579. The maximum absolute atomic E-state index is 10.5. The third-order valence-electron chi connectivity index (χ3n) is 2.97. The maximum atomic E-state index is 10.5. The van der Waals surface area contributed by atoms with E-state index in [1.54, 1.807) is 24.7 Å². The topological polar surface area (TPSA) is 88.7 Å². The molecular weight excluding hydrogens is 302 g/mol. The van der Waals surface area contributed by atoms with Crippen LogP contribution >= 0.6 is 0 Å². The van der Waals surface area contributed by atoms with Gasteiger partial charge in [0.05, 0.1) is 37.7 Å². The molecule has 0 aliphatic heterocycles. The van der Waals surface area contributed by atoms with E-state index in [0.717, 1.165) is 6.54 Å². The zero-order valence-electron chi connectivity index (χ0n) is 12.7. The Kier molecular flexibility index (Phi) is 7.02. The Morgan fingerprint density at radius 1 is 1.04 bits per heavy atom. The summed E-state index contributed by atoms with van der Waals surface area (Å²) in [5.41, 5.74) is 0.0430. The standard InChI is InChI=1S/C15H19N3O5/c19-18(20)14-1-3-15(4-2-14)23-12-11-22-10-9-21-8-7-17-6-5-16-13-17/h1-6,13H,7-12H2. The number of imidazole rings is 1. The van der Waals surface area contributed by atoms with Crippen LogP contribution < -0.4 is 4.74 Å². The zero-order chi connectivity index (χ0) is 16.3. The summed E-state index contributed by atoms with van der Waals surface area (Å²) in [6.07, 6.45) is 5.36. The first-order valence-electron chi connectivity index (χ1n) is 7.24. The van der Waals surface area contributed by atoms with E-state index >= 15 is 0 Å². The zero-order valence-corrected chi connectivity index (χ0v) is 12.7. The molecule has 0 amide bonds. The van der Waals surface area contributed by atoms with Crippen molar-refractivity contribution in [2.45, 2.75) is 6.54 Å². The van der Waals surface area contributed by atoms with Crippen molar-refractivity contribution in [3.63, 3.8) is 0 Å². The van der Waals surface area contributed by atoms with Crippen molar-refractivity contribution in [3.8, 4) is 5.75 Å². The van der Waals surface area contributed by atoms with Crippen LogP contribution in [0.25, 0.3) is 0 Å². The molecule has 0 aliphatic rings. The first kappa shape index (κ1) is 16.9. The molecule has 0 unspecified atom stereocenters. The molecule has 124 valence electrons. The Labute approximate surface area is 133 Å². The number of hydrogen-bond acceptors (Lipinski definition) is 6. The third-order valence-corrected chi connectivity index (χ3v) is 2.97. The molecule has 0 saturated carbocycles. The van der Waals surface area contributed by atoms with Crippen molar-refractivity contribution in [3.05, 3.63) is 53.1 Å². The summed E-state index contributed by atoms with van der Waals surface area (Å²) in [4.78, 5) is 14.0. The Morgan fingerprint density at radius 3 is 2.39 bits per heavy atom. The molecule has 1 aromatic carbocycles. The Morgan fingerprint density at radius 2 is 1.74 bits per heavy atom. The van der Waals surface area contributed by atoms with E-state index in [9.17, 15) is 10.1 Å². The quantitative estimate of drug-likeness (QED) is 0.357. The molecule has 0 radical (unpaired) electrons. The van der Waals surface area contributed by atoms with Crippen molar-refractivity contribution in [1.82, 2.24) is 9.55 Å². The highest BCUT2D eigenvalue weighted by Gasteiger charge is 2.04. The number of rotatable bonds is 11. The minimum Gasteiger partial charge on any atom is -0.491 e. The van der Waals surface area contributed by atoms with Gasteiger partial charge in [-0.2, -0.15) is 0 Å². The number of benzene rings is 1. The summed E-state index contributed by atoms with van der Waals surface area (Å²) in [6.45, 7) is 3.21. The normalized spacial score (nSPS) is 10.6. The summed E-state index contributed by atoms with van der Waals surface area (Å²) in [6, 6.07) is 5.95. The molecule has 0 spiro atoms. The van der Waals surface area contributed by atoms with Crippen LogP contribution in [0.2, 0.25) is 0 Å². The molecule has 0 N–H and O–H groups in total. The van der Waals surface area contributed by atoms with E-state index in [4.69, 9.17) is 14.2 Å². The Balaban J connectivity index is 1.45. The average molecular weight is 321 g/mol. The maximum Gasteiger partial charge on any atom is 0.269 e. The molecule has 1 aromatic heterocycles. The third kappa shape index (κ3) is 6.45. The van der Waals surface area contributed by atoms with Crippen LogP contribution in [0.3, 0.4) is 0 Å². The number of aromatic nitrogens is 2. The molecule has 0 bridgehead atoms. The van der Waals surface area contributed by atoms with Gasteiger partial charge in [-0.3, -0.25) is 10.1 Å². The van der Waals surface area contributed by atoms with Gasteiger partial charge in [0.25, 0.3) is 5.69 Å². The van der Waals surface area contributed by atoms with E-state index in [2.05, 4.69) is 4.98 Å². The van der Waals surface area contributed by atoms with Crippen LogP contribution in [0, 0.1) is 10.1 Å². The fourth-order valence-corrected chi connectivity index (χ4v) is 1.79. The van der Waals surface area contributed by atoms with E-state index in [-0.39, 0.29) is 5.69 Å². The molecule has 1 heterocycles. The van der Waals surface area contributed by atoms with Crippen molar-refractivity contribution < 1.29 is 19.1 Å². The van der Waals surface area contributed by atoms with E-state index in [1.165, 1.54) is 12.1 Å². The lowest BCUT2D eigenvalue weighted by Gasteiger charge is -2.08. The van der Waals surface area contributed by atoms with Gasteiger partial charge in [0.1, 0.15) is 12.4 Å². The van der Waals surface area contributed by atoms with E-state index < -0.39 is 4.92 Å². The minimum atomic E-state index is -0.445. The van der Waals surface area contributed by atoms with Gasteiger partial charge in [0.15, 0.2) is 0 Å². The largest absolute Gasteiger partial charge is 0.491 e. The van der Waals surface area contributed by atoms with Crippen molar-refractivity contribution in [1.29, 1.82) is 0 Å². The minimum absolute atomic E-state index is 0.0430. The van der Waals surface area contributed by atoms with Crippen molar-refractivity contribution in [2.24, 2.45) is 0 Å². The number of nitro benzene ring substituents is 1. The van der Waals surface area contributed by atoms with Gasteiger partial charge in [-0.15, -0.1) is 0 Å². The predicted octanol–water partition coefficient (Wildman–Crippen LogP) is 1.90. The fraction of sp³-hybridized carbons (Fsp3) is 0.400. The number of hydrogen-bond donors (Lipinski definition) is 0. The van der Waals surface area contributed by atoms with Crippen LogP contribution in [-0.4, -0.2) is 47.5 Å². The summed E-state index contributed by atoms with van der Waals surface area (Å²) in [5, 5.41) is 10.5. The highest BCUT2D eigenvalue weighted by atomic mass is 16.6. The molecular formula is C15H19N3O5. The Hall–Kier alpha value is -2.45. The number of non-ortho nitro benzene ring substituents is 1. The predicted molar refractivity (Wildman–Crippen MR) is 82.5 cm³/mol. The molecule has 0 saturated heterocycles. The number of nitrogens with zero attached hydrogens (tertiary/aromatic N) is 3. The lowest BCUT2D eigenvalue weighted by molar-refractivity contribution is -0.384. The van der Waals surface area contributed by atoms with Crippen LogP contribution in [0.1, 0.15) is 0 Å². The van der Waals surface area contributed by atoms with E-state index in [0.29, 0.717) is 38.8 Å². The van der Waals surface area contributed by atoms with Crippen LogP contribution in [0.15, 0.2) is 43.0 Å². The highest BCUT2D eigenvalue weighted by Crippen LogP contribution is 2.16. The van der Waals surface area contributed by atoms with Gasteiger partial charge in [-0.1, -0.05) is 0 Å². The number of ether oxygens (including phenoxy) is 3. The molecule has 0 atom stereocenters. The van der Waals surface area contributed by atoms with Gasteiger partial charge in [-0.05, 0) is 12.1 Å².